The first-order valence-electron chi connectivity index (χ1n) is 5.94. The van der Waals surface area contributed by atoms with Gasteiger partial charge in [0.2, 0.25) is 0 Å². The highest BCUT2D eigenvalue weighted by Gasteiger charge is 2.30. The molecule has 0 amide bonds. The largest absolute Gasteiger partial charge is 0.317 e. The van der Waals surface area contributed by atoms with E-state index in [2.05, 4.69) is 38.2 Å². The summed E-state index contributed by atoms with van der Waals surface area (Å²) in [7, 11) is 4.32. The quantitative estimate of drug-likeness (QED) is 0.731. The van der Waals surface area contributed by atoms with Crippen molar-refractivity contribution in [2.45, 2.75) is 45.6 Å². The molecule has 0 aliphatic carbocycles. The van der Waals surface area contributed by atoms with Gasteiger partial charge in [0, 0.05) is 6.04 Å². The van der Waals surface area contributed by atoms with E-state index in [1.165, 1.54) is 38.8 Å². The van der Waals surface area contributed by atoms with E-state index in [0.717, 1.165) is 0 Å². The maximum Gasteiger partial charge on any atom is 0.00895 e. The molecule has 0 aromatic rings. The number of nitrogens with zero attached hydrogens (tertiary/aromatic N) is 1. The molecule has 0 bridgehead atoms. The minimum atomic E-state index is 0.510. The van der Waals surface area contributed by atoms with Crippen molar-refractivity contribution in [1.29, 1.82) is 0 Å². The van der Waals surface area contributed by atoms with Gasteiger partial charge in [0.25, 0.3) is 0 Å². The van der Waals surface area contributed by atoms with Crippen molar-refractivity contribution < 1.29 is 0 Å². The van der Waals surface area contributed by atoms with Crippen LogP contribution in [-0.4, -0.2) is 38.1 Å². The van der Waals surface area contributed by atoms with Crippen molar-refractivity contribution in [1.82, 2.24) is 10.2 Å². The summed E-state index contributed by atoms with van der Waals surface area (Å²) in [5, 5.41) is 3.42. The lowest BCUT2D eigenvalue weighted by Gasteiger charge is -2.38. The molecule has 1 N–H and O–H groups in total. The Bertz CT molecular complexity index is 158. The van der Waals surface area contributed by atoms with Crippen molar-refractivity contribution in [3.05, 3.63) is 0 Å². The minimum Gasteiger partial charge on any atom is -0.317 e. The monoisotopic (exact) mass is 198 g/mol. The van der Waals surface area contributed by atoms with Gasteiger partial charge < -0.3 is 10.2 Å². The van der Waals surface area contributed by atoms with E-state index < -0.39 is 0 Å². The highest BCUT2D eigenvalue weighted by atomic mass is 15.1. The predicted molar refractivity (Wildman–Crippen MR) is 62.6 cm³/mol. The first-order valence-corrected chi connectivity index (χ1v) is 5.94. The summed E-state index contributed by atoms with van der Waals surface area (Å²) < 4.78 is 0. The van der Waals surface area contributed by atoms with E-state index in [9.17, 15) is 0 Å². The molecule has 0 saturated carbocycles. The van der Waals surface area contributed by atoms with Gasteiger partial charge in [-0.15, -0.1) is 0 Å². The molecule has 84 valence electrons. The molecule has 0 aromatic heterocycles. The normalized spacial score (nSPS) is 26.6. The Balaban J connectivity index is 2.52. The Hall–Kier alpha value is -0.0800. The number of hydrogen-bond acceptors (Lipinski definition) is 2. The molecule has 0 aromatic carbocycles. The van der Waals surface area contributed by atoms with Crippen LogP contribution in [0.25, 0.3) is 0 Å². The van der Waals surface area contributed by atoms with Crippen LogP contribution in [0.5, 0.6) is 0 Å². The maximum absolute atomic E-state index is 3.42. The molecule has 0 spiro atoms. The van der Waals surface area contributed by atoms with E-state index in [1.807, 2.05) is 0 Å². The molecule has 1 atom stereocenters. The van der Waals surface area contributed by atoms with E-state index in [0.29, 0.717) is 11.5 Å². The van der Waals surface area contributed by atoms with Gasteiger partial charge in [-0.2, -0.15) is 0 Å². The molecule has 1 saturated heterocycles. The van der Waals surface area contributed by atoms with Crippen molar-refractivity contribution >= 4 is 0 Å². The predicted octanol–water partition coefficient (Wildman–Crippen LogP) is 2.11. The van der Waals surface area contributed by atoms with E-state index in [1.54, 1.807) is 0 Å². The zero-order chi connectivity index (χ0) is 10.6. The third-order valence-electron chi connectivity index (χ3n) is 4.05. The van der Waals surface area contributed by atoms with Crippen LogP contribution in [-0.2, 0) is 0 Å². The second kappa shape index (κ2) is 5.13. The first kappa shape index (κ1) is 12.0. The Morgan fingerprint density at radius 2 is 1.71 bits per heavy atom. The second-order valence-corrected chi connectivity index (χ2v) is 5.17. The van der Waals surface area contributed by atoms with Gasteiger partial charge in [0.15, 0.2) is 0 Å². The summed E-state index contributed by atoms with van der Waals surface area (Å²) in [4.78, 5) is 2.46. The third-order valence-corrected chi connectivity index (χ3v) is 4.05. The van der Waals surface area contributed by atoms with Crippen LogP contribution in [0.2, 0.25) is 0 Å². The summed E-state index contributed by atoms with van der Waals surface area (Å²) in [5.74, 6) is 0. The molecule has 1 heterocycles. The Kier molecular flexibility index (Phi) is 4.39. The summed E-state index contributed by atoms with van der Waals surface area (Å²) in [5.41, 5.74) is 0.510. The molecule has 1 aliphatic rings. The van der Waals surface area contributed by atoms with Gasteiger partial charge in [0.05, 0.1) is 0 Å². The zero-order valence-electron chi connectivity index (χ0n) is 10.3. The summed E-state index contributed by atoms with van der Waals surface area (Å²) in [6.45, 7) is 7.31. The molecule has 2 heteroatoms. The van der Waals surface area contributed by atoms with Gasteiger partial charge >= 0.3 is 0 Å². The standard InChI is InChI=1S/C12H26N2/c1-11(13-3)12(2)7-5-9-14(4)10-6-8-12/h11,13H,5-10H2,1-4H3. The average molecular weight is 198 g/mol. The van der Waals surface area contributed by atoms with Crippen LogP contribution >= 0.6 is 0 Å². The molecule has 1 rings (SSSR count). The lowest BCUT2D eigenvalue weighted by molar-refractivity contribution is 0.151. The fourth-order valence-electron chi connectivity index (χ4n) is 2.52. The topological polar surface area (TPSA) is 15.3 Å². The van der Waals surface area contributed by atoms with Crippen LogP contribution < -0.4 is 5.32 Å². The molecule has 1 unspecified atom stereocenters. The van der Waals surface area contributed by atoms with Crippen molar-refractivity contribution in [2.75, 3.05) is 27.2 Å². The van der Waals surface area contributed by atoms with Crippen LogP contribution in [0.15, 0.2) is 0 Å². The van der Waals surface area contributed by atoms with Crippen LogP contribution in [0, 0.1) is 5.41 Å². The van der Waals surface area contributed by atoms with Crippen LogP contribution in [0.4, 0.5) is 0 Å². The van der Waals surface area contributed by atoms with Crippen LogP contribution in [0.1, 0.15) is 39.5 Å². The highest BCUT2D eigenvalue weighted by molar-refractivity contribution is 4.85. The molecule has 2 nitrogen and oxygen atoms in total. The lowest BCUT2D eigenvalue weighted by Crippen LogP contribution is -2.41. The van der Waals surface area contributed by atoms with Crippen molar-refractivity contribution in [2.24, 2.45) is 5.41 Å². The Labute approximate surface area is 89.1 Å². The average Bonchev–Trinajstić information content (AvgIpc) is 2.14. The van der Waals surface area contributed by atoms with E-state index >= 15 is 0 Å². The fraction of sp³-hybridized carbons (Fsp3) is 1.00. The minimum absolute atomic E-state index is 0.510. The Morgan fingerprint density at radius 1 is 1.21 bits per heavy atom. The fourth-order valence-corrected chi connectivity index (χ4v) is 2.52. The first-order chi connectivity index (χ1) is 6.58. The number of hydrogen-bond donors (Lipinski definition) is 1. The van der Waals surface area contributed by atoms with Crippen LogP contribution in [0.3, 0.4) is 0 Å². The Morgan fingerprint density at radius 3 is 2.14 bits per heavy atom. The lowest BCUT2D eigenvalue weighted by atomic mass is 9.74. The van der Waals surface area contributed by atoms with Gasteiger partial charge in [-0.3, -0.25) is 0 Å². The molecule has 14 heavy (non-hydrogen) atoms. The van der Waals surface area contributed by atoms with Gasteiger partial charge in [0.1, 0.15) is 0 Å². The number of rotatable bonds is 2. The molecule has 0 radical (unpaired) electrons. The summed E-state index contributed by atoms with van der Waals surface area (Å²) in [6.07, 6.45) is 5.41. The van der Waals surface area contributed by atoms with Crippen molar-refractivity contribution in [3.63, 3.8) is 0 Å². The molecular formula is C12H26N2. The van der Waals surface area contributed by atoms with E-state index in [-0.39, 0.29) is 0 Å². The van der Waals surface area contributed by atoms with Crippen molar-refractivity contribution in [3.8, 4) is 0 Å². The van der Waals surface area contributed by atoms with Gasteiger partial charge in [-0.05, 0) is 65.2 Å². The smallest absolute Gasteiger partial charge is 0.00895 e. The summed E-state index contributed by atoms with van der Waals surface area (Å²) >= 11 is 0. The third kappa shape index (κ3) is 2.96. The number of nitrogens with one attached hydrogen (secondary N) is 1. The molecule has 1 fully saturated rings. The summed E-state index contributed by atoms with van der Waals surface area (Å²) in [6, 6.07) is 0.644. The number of likely N-dealkylation sites (tertiary alicyclic amines) is 1. The molecule has 1 aliphatic heterocycles. The van der Waals surface area contributed by atoms with Gasteiger partial charge in [-0.25, -0.2) is 0 Å². The second-order valence-electron chi connectivity index (χ2n) is 5.17. The van der Waals surface area contributed by atoms with E-state index in [4.69, 9.17) is 0 Å². The maximum atomic E-state index is 3.42. The molecular weight excluding hydrogens is 172 g/mol. The van der Waals surface area contributed by atoms with Gasteiger partial charge in [-0.1, -0.05) is 6.92 Å². The highest BCUT2D eigenvalue weighted by Crippen LogP contribution is 2.34. The zero-order valence-corrected chi connectivity index (χ0v) is 10.3. The SMILES string of the molecule is CNC(C)C1(C)CCCN(C)CCC1.